The van der Waals surface area contributed by atoms with E-state index in [4.69, 9.17) is 16.2 Å². The zero-order chi connectivity index (χ0) is 15.2. The summed E-state index contributed by atoms with van der Waals surface area (Å²) < 4.78 is 5.44. The minimum absolute atomic E-state index is 0. The average molecular weight is 328 g/mol. The van der Waals surface area contributed by atoms with E-state index in [1.807, 2.05) is 30.3 Å². The van der Waals surface area contributed by atoms with Gasteiger partial charge in [0.25, 0.3) is 0 Å². The number of ether oxygens (including phenoxy) is 1. The smallest absolute Gasteiger partial charge is 0.246 e. The highest BCUT2D eigenvalue weighted by Crippen LogP contribution is 2.19. The standard InChI is InChI=1S/C15H21N3O3.ClH/c16-12(10-4-2-1-3-5-10)8-14(19)18-9-11-6-7-13(21-11)15(17)20;/h1-5,11-13H,6-9,16H2,(H2,17,20)(H,18,19);1H. The molecule has 6 nitrogen and oxygen atoms in total. The van der Waals surface area contributed by atoms with Crippen LogP contribution in [0.15, 0.2) is 30.3 Å². The SMILES string of the molecule is Cl.NC(=O)C1CCC(CNC(=O)CC(N)c2ccccc2)O1. The van der Waals surface area contributed by atoms with Crippen molar-refractivity contribution in [2.75, 3.05) is 6.54 Å². The van der Waals surface area contributed by atoms with Gasteiger partial charge in [0.2, 0.25) is 11.8 Å². The average Bonchev–Trinajstić information content (AvgIpc) is 2.95. The lowest BCUT2D eigenvalue weighted by Crippen LogP contribution is -2.35. The van der Waals surface area contributed by atoms with E-state index in [9.17, 15) is 9.59 Å². The largest absolute Gasteiger partial charge is 0.367 e. The quantitative estimate of drug-likeness (QED) is 0.712. The number of primary amides is 1. The Labute approximate surface area is 136 Å². The first-order valence-electron chi connectivity index (χ1n) is 7.08. The van der Waals surface area contributed by atoms with E-state index in [0.29, 0.717) is 13.0 Å². The third kappa shape index (κ3) is 5.29. The monoisotopic (exact) mass is 327 g/mol. The fourth-order valence-corrected chi connectivity index (χ4v) is 2.38. The number of halogens is 1. The van der Waals surface area contributed by atoms with Crippen LogP contribution in [0.2, 0.25) is 0 Å². The van der Waals surface area contributed by atoms with Crippen molar-refractivity contribution >= 4 is 24.2 Å². The highest BCUT2D eigenvalue weighted by atomic mass is 35.5. The Morgan fingerprint density at radius 2 is 1.95 bits per heavy atom. The molecule has 2 rings (SSSR count). The predicted octanol–water partition coefficient (Wildman–Crippen LogP) is 0.647. The summed E-state index contributed by atoms with van der Waals surface area (Å²) in [7, 11) is 0. The number of benzene rings is 1. The number of nitrogens with two attached hydrogens (primary N) is 2. The highest BCUT2D eigenvalue weighted by molar-refractivity contribution is 5.85. The molecule has 0 aromatic heterocycles. The molecule has 1 aliphatic rings. The Hall–Kier alpha value is -1.63. The normalized spacial score (nSPS) is 21.7. The molecule has 1 saturated heterocycles. The van der Waals surface area contributed by atoms with Gasteiger partial charge in [-0.2, -0.15) is 0 Å². The lowest BCUT2D eigenvalue weighted by atomic mass is 10.0. The molecule has 1 heterocycles. The molecule has 5 N–H and O–H groups in total. The number of hydrogen-bond donors (Lipinski definition) is 3. The number of carbonyl (C=O) groups excluding carboxylic acids is 2. The van der Waals surface area contributed by atoms with Crippen molar-refractivity contribution in [2.45, 2.75) is 37.5 Å². The zero-order valence-electron chi connectivity index (χ0n) is 12.2. The van der Waals surface area contributed by atoms with Gasteiger partial charge in [-0.15, -0.1) is 12.4 Å². The Bertz CT molecular complexity index is 498. The van der Waals surface area contributed by atoms with Crippen LogP contribution in [-0.4, -0.2) is 30.6 Å². The predicted molar refractivity (Wildman–Crippen MR) is 85.3 cm³/mol. The second-order valence-corrected chi connectivity index (χ2v) is 5.25. The summed E-state index contributed by atoms with van der Waals surface area (Å²) in [4.78, 5) is 22.8. The Balaban J connectivity index is 0.00000242. The van der Waals surface area contributed by atoms with Gasteiger partial charge in [0, 0.05) is 19.0 Å². The molecular weight excluding hydrogens is 306 g/mol. The fourth-order valence-electron chi connectivity index (χ4n) is 2.38. The third-order valence-corrected chi connectivity index (χ3v) is 3.58. The summed E-state index contributed by atoms with van der Waals surface area (Å²) >= 11 is 0. The van der Waals surface area contributed by atoms with E-state index in [1.54, 1.807) is 0 Å². The molecule has 1 fully saturated rings. The lowest BCUT2D eigenvalue weighted by molar-refractivity contribution is -0.128. The summed E-state index contributed by atoms with van der Waals surface area (Å²) in [5, 5.41) is 2.79. The van der Waals surface area contributed by atoms with E-state index in [1.165, 1.54) is 0 Å². The van der Waals surface area contributed by atoms with Crippen molar-refractivity contribution in [3.8, 4) is 0 Å². The van der Waals surface area contributed by atoms with E-state index in [2.05, 4.69) is 5.32 Å². The van der Waals surface area contributed by atoms with Crippen LogP contribution >= 0.6 is 12.4 Å². The number of amides is 2. The summed E-state index contributed by atoms with van der Waals surface area (Å²) in [6.45, 7) is 0.379. The maximum absolute atomic E-state index is 11.9. The van der Waals surface area contributed by atoms with E-state index < -0.39 is 12.0 Å². The summed E-state index contributed by atoms with van der Waals surface area (Å²) in [6.07, 6.45) is 0.867. The molecule has 0 radical (unpaired) electrons. The van der Waals surface area contributed by atoms with Crippen LogP contribution in [0.5, 0.6) is 0 Å². The second kappa shape index (κ2) is 8.73. The van der Waals surface area contributed by atoms with Crippen molar-refractivity contribution in [1.29, 1.82) is 0 Å². The van der Waals surface area contributed by atoms with Crippen LogP contribution in [0.3, 0.4) is 0 Å². The Morgan fingerprint density at radius 3 is 2.55 bits per heavy atom. The van der Waals surface area contributed by atoms with Gasteiger partial charge in [0.15, 0.2) is 0 Å². The van der Waals surface area contributed by atoms with Gasteiger partial charge in [-0.1, -0.05) is 30.3 Å². The Kier molecular flexibility index (Phi) is 7.31. The first-order valence-corrected chi connectivity index (χ1v) is 7.08. The lowest BCUT2D eigenvalue weighted by Gasteiger charge is -2.15. The molecule has 0 aliphatic carbocycles. The van der Waals surface area contributed by atoms with E-state index in [0.717, 1.165) is 12.0 Å². The van der Waals surface area contributed by atoms with Gasteiger partial charge in [0.05, 0.1) is 6.10 Å². The van der Waals surface area contributed by atoms with Crippen molar-refractivity contribution in [1.82, 2.24) is 5.32 Å². The molecule has 1 aliphatic heterocycles. The minimum Gasteiger partial charge on any atom is -0.367 e. The van der Waals surface area contributed by atoms with Gasteiger partial charge in [-0.05, 0) is 18.4 Å². The molecule has 7 heteroatoms. The molecule has 3 atom stereocenters. The molecule has 22 heavy (non-hydrogen) atoms. The number of nitrogens with one attached hydrogen (secondary N) is 1. The Morgan fingerprint density at radius 1 is 1.27 bits per heavy atom. The van der Waals surface area contributed by atoms with Crippen LogP contribution in [0.4, 0.5) is 0 Å². The van der Waals surface area contributed by atoms with Crippen LogP contribution in [0.1, 0.15) is 30.9 Å². The first kappa shape index (κ1) is 18.4. The van der Waals surface area contributed by atoms with Crippen LogP contribution in [-0.2, 0) is 14.3 Å². The van der Waals surface area contributed by atoms with Crippen molar-refractivity contribution in [3.63, 3.8) is 0 Å². The van der Waals surface area contributed by atoms with Crippen molar-refractivity contribution < 1.29 is 14.3 Å². The van der Waals surface area contributed by atoms with Gasteiger partial charge in [-0.25, -0.2) is 0 Å². The summed E-state index contributed by atoms with van der Waals surface area (Å²) in [5.41, 5.74) is 12.1. The van der Waals surface area contributed by atoms with Crippen LogP contribution in [0, 0.1) is 0 Å². The summed E-state index contributed by atoms with van der Waals surface area (Å²) in [5.74, 6) is -0.576. The fraction of sp³-hybridized carbons (Fsp3) is 0.467. The molecule has 0 spiro atoms. The molecule has 0 bridgehead atoms. The maximum atomic E-state index is 11.9. The molecule has 1 aromatic carbocycles. The zero-order valence-corrected chi connectivity index (χ0v) is 13.1. The summed E-state index contributed by atoms with van der Waals surface area (Å²) in [6, 6.07) is 9.16. The first-order chi connectivity index (χ1) is 10.1. The second-order valence-electron chi connectivity index (χ2n) is 5.25. The van der Waals surface area contributed by atoms with Crippen molar-refractivity contribution in [3.05, 3.63) is 35.9 Å². The van der Waals surface area contributed by atoms with Gasteiger partial charge >= 0.3 is 0 Å². The molecule has 3 unspecified atom stereocenters. The molecule has 2 amide bonds. The molecular formula is C15H22ClN3O3. The maximum Gasteiger partial charge on any atom is 0.246 e. The minimum atomic E-state index is -0.529. The number of carbonyl (C=O) groups is 2. The molecule has 0 saturated carbocycles. The van der Waals surface area contributed by atoms with Gasteiger partial charge < -0.3 is 21.5 Å². The highest BCUT2D eigenvalue weighted by Gasteiger charge is 2.29. The number of hydrogen-bond acceptors (Lipinski definition) is 4. The van der Waals surface area contributed by atoms with Gasteiger partial charge in [0.1, 0.15) is 6.10 Å². The van der Waals surface area contributed by atoms with Crippen LogP contribution < -0.4 is 16.8 Å². The van der Waals surface area contributed by atoms with Gasteiger partial charge in [-0.3, -0.25) is 9.59 Å². The van der Waals surface area contributed by atoms with E-state index >= 15 is 0 Å². The topological polar surface area (TPSA) is 107 Å². The third-order valence-electron chi connectivity index (χ3n) is 3.58. The molecule has 122 valence electrons. The number of rotatable bonds is 6. The van der Waals surface area contributed by atoms with E-state index in [-0.39, 0.29) is 36.9 Å². The van der Waals surface area contributed by atoms with Crippen molar-refractivity contribution in [2.24, 2.45) is 11.5 Å². The molecule has 1 aromatic rings. The van der Waals surface area contributed by atoms with Crippen LogP contribution in [0.25, 0.3) is 0 Å².